The standard InChI is InChI=1S/C15H24N2O/c1-3-5-14-12-17(9-8-16-14)11-13-6-4-7-15(10-13)18-2/h4,6-7,10,14,16H,3,5,8-9,11-12H2,1-2H3. The summed E-state index contributed by atoms with van der Waals surface area (Å²) in [5.74, 6) is 0.952. The van der Waals surface area contributed by atoms with Crippen molar-refractivity contribution in [2.24, 2.45) is 0 Å². The van der Waals surface area contributed by atoms with Gasteiger partial charge >= 0.3 is 0 Å². The molecule has 1 unspecified atom stereocenters. The lowest BCUT2D eigenvalue weighted by Gasteiger charge is -2.33. The van der Waals surface area contributed by atoms with Crippen molar-refractivity contribution in [1.29, 1.82) is 0 Å². The number of hydrogen-bond donors (Lipinski definition) is 1. The lowest BCUT2D eigenvalue weighted by atomic mass is 10.1. The first-order chi connectivity index (χ1) is 8.81. The van der Waals surface area contributed by atoms with E-state index in [4.69, 9.17) is 4.74 Å². The highest BCUT2D eigenvalue weighted by atomic mass is 16.5. The molecule has 1 aromatic rings. The first kappa shape index (κ1) is 13.4. The normalized spacial score (nSPS) is 20.9. The molecule has 1 aliphatic heterocycles. The number of piperazine rings is 1. The molecular weight excluding hydrogens is 224 g/mol. The van der Waals surface area contributed by atoms with Crippen molar-refractivity contribution >= 4 is 0 Å². The number of nitrogens with zero attached hydrogens (tertiary/aromatic N) is 1. The highest BCUT2D eigenvalue weighted by Gasteiger charge is 2.18. The zero-order valence-corrected chi connectivity index (χ0v) is 11.5. The molecule has 0 bridgehead atoms. The quantitative estimate of drug-likeness (QED) is 0.865. The smallest absolute Gasteiger partial charge is 0.119 e. The van der Waals surface area contributed by atoms with Crippen LogP contribution < -0.4 is 10.1 Å². The largest absolute Gasteiger partial charge is 0.497 e. The summed E-state index contributed by atoms with van der Waals surface area (Å²) < 4.78 is 5.27. The number of ether oxygens (including phenoxy) is 1. The van der Waals surface area contributed by atoms with E-state index in [0.717, 1.165) is 31.9 Å². The molecule has 3 heteroatoms. The Kier molecular flexibility index (Phi) is 5.02. The van der Waals surface area contributed by atoms with E-state index in [1.54, 1.807) is 7.11 Å². The zero-order chi connectivity index (χ0) is 12.8. The molecule has 1 saturated heterocycles. The Morgan fingerprint density at radius 2 is 2.33 bits per heavy atom. The summed E-state index contributed by atoms with van der Waals surface area (Å²) in [5, 5.41) is 3.59. The van der Waals surface area contributed by atoms with E-state index < -0.39 is 0 Å². The Bertz CT molecular complexity index is 365. The minimum Gasteiger partial charge on any atom is -0.497 e. The van der Waals surface area contributed by atoms with Crippen LogP contribution >= 0.6 is 0 Å². The van der Waals surface area contributed by atoms with Gasteiger partial charge in [0.25, 0.3) is 0 Å². The van der Waals surface area contributed by atoms with Crippen molar-refractivity contribution in [3.8, 4) is 5.75 Å². The monoisotopic (exact) mass is 248 g/mol. The summed E-state index contributed by atoms with van der Waals surface area (Å²) in [7, 11) is 1.72. The summed E-state index contributed by atoms with van der Waals surface area (Å²) in [6.45, 7) is 6.68. The molecule has 0 saturated carbocycles. The number of hydrogen-bond acceptors (Lipinski definition) is 3. The van der Waals surface area contributed by atoms with Crippen LogP contribution in [0.2, 0.25) is 0 Å². The van der Waals surface area contributed by atoms with Crippen LogP contribution in [0.4, 0.5) is 0 Å². The van der Waals surface area contributed by atoms with Crippen LogP contribution in [0.25, 0.3) is 0 Å². The van der Waals surface area contributed by atoms with Crippen molar-refractivity contribution in [2.45, 2.75) is 32.4 Å². The van der Waals surface area contributed by atoms with Gasteiger partial charge in [-0.1, -0.05) is 25.5 Å². The van der Waals surface area contributed by atoms with Gasteiger partial charge in [-0.05, 0) is 24.1 Å². The second kappa shape index (κ2) is 6.76. The number of rotatable bonds is 5. The molecule has 100 valence electrons. The van der Waals surface area contributed by atoms with Gasteiger partial charge < -0.3 is 10.1 Å². The van der Waals surface area contributed by atoms with Crippen LogP contribution in [-0.4, -0.2) is 37.7 Å². The van der Waals surface area contributed by atoms with Crippen molar-refractivity contribution in [3.63, 3.8) is 0 Å². The highest BCUT2D eigenvalue weighted by molar-refractivity contribution is 5.28. The van der Waals surface area contributed by atoms with Gasteiger partial charge in [-0.2, -0.15) is 0 Å². The lowest BCUT2D eigenvalue weighted by molar-refractivity contribution is 0.186. The summed E-state index contributed by atoms with van der Waals surface area (Å²) in [6, 6.07) is 9.05. The van der Waals surface area contributed by atoms with E-state index in [0.29, 0.717) is 6.04 Å². The Labute approximate surface area is 110 Å². The molecule has 1 aromatic carbocycles. The van der Waals surface area contributed by atoms with Crippen LogP contribution in [0.1, 0.15) is 25.3 Å². The fraction of sp³-hybridized carbons (Fsp3) is 0.600. The van der Waals surface area contributed by atoms with Gasteiger partial charge in [-0.15, -0.1) is 0 Å². The van der Waals surface area contributed by atoms with E-state index >= 15 is 0 Å². The Balaban J connectivity index is 1.91. The molecule has 0 amide bonds. The summed E-state index contributed by atoms with van der Waals surface area (Å²) in [4.78, 5) is 2.53. The molecule has 0 aromatic heterocycles. The Morgan fingerprint density at radius 1 is 1.44 bits per heavy atom. The van der Waals surface area contributed by atoms with Crippen LogP contribution in [0.3, 0.4) is 0 Å². The lowest BCUT2D eigenvalue weighted by Crippen LogP contribution is -2.50. The second-order valence-electron chi connectivity index (χ2n) is 5.03. The van der Waals surface area contributed by atoms with E-state index in [2.05, 4.69) is 35.3 Å². The first-order valence-electron chi connectivity index (χ1n) is 6.90. The predicted molar refractivity (Wildman–Crippen MR) is 75.0 cm³/mol. The second-order valence-corrected chi connectivity index (χ2v) is 5.03. The van der Waals surface area contributed by atoms with E-state index in [1.807, 2.05) is 6.07 Å². The summed E-state index contributed by atoms with van der Waals surface area (Å²) >= 11 is 0. The maximum atomic E-state index is 5.27. The summed E-state index contributed by atoms with van der Waals surface area (Å²) in [6.07, 6.45) is 2.53. The third-order valence-electron chi connectivity index (χ3n) is 3.52. The average molecular weight is 248 g/mol. The molecule has 18 heavy (non-hydrogen) atoms. The fourth-order valence-corrected chi connectivity index (χ4v) is 2.61. The third kappa shape index (κ3) is 3.72. The SMILES string of the molecule is CCCC1CN(Cc2cccc(OC)c2)CCN1. The fourth-order valence-electron chi connectivity index (χ4n) is 2.61. The topological polar surface area (TPSA) is 24.5 Å². The number of methoxy groups -OCH3 is 1. The molecule has 3 nitrogen and oxygen atoms in total. The van der Waals surface area contributed by atoms with Gasteiger partial charge in [-0.3, -0.25) is 4.90 Å². The molecule has 1 aliphatic rings. The van der Waals surface area contributed by atoms with Gasteiger partial charge in [0.1, 0.15) is 5.75 Å². The van der Waals surface area contributed by atoms with Crippen molar-refractivity contribution in [1.82, 2.24) is 10.2 Å². The van der Waals surface area contributed by atoms with E-state index in [1.165, 1.54) is 18.4 Å². The minimum absolute atomic E-state index is 0.661. The molecule has 1 atom stereocenters. The van der Waals surface area contributed by atoms with Crippen LogP contribution in [-0.2, 0) is 6.54 Å². The van der Waals surface area contributed by atoms with Gasteiger partial charge in [0, 0.05) is 32.2 Å². The first-order valence-corrected chi connectivity index (χ1v) is 6.90. The maximum absolute atomic E-state index is 5.27. The van der Waals surface area contributed by atoms with Gasteiger partial charge in [0.05, 0.1) is 7.11 Å². The maximum Gasteiger partial charge on any atom is 0.119 e. The zero-order valence-electron chi connectivity index (χ0n) is 11.5. The molecule has 1 heterocycles. The molecule has 0 aliphatic carbocycles. The average Bonchev–Trinajstić information content (AvgIpc) is 2.40. The molecular formula is C15H24N2O. The van der Waals surface area contributed by atoms with Crippen molar-refractivity contribution in [3.05, 3.63) is 29.8 Å². The van der Waals surface area contributed by atoms with Crippen LogP contribution in [0, 0.1) is 0 Å². The Morgan fingerprint density at radius 3 is 3.11 bits per heavy atom. The predicted octanol–water partition coefficient (Wildman–Crippen LogP) is 2.27. The molecule has 1 fully saturated rings. The van der Waals surface area contributed by atoms with Crippen molar-refractivity contribution in [2.75, 3.05) is 26.7 Å². The van der Waals surface area contributed by atoms with E-state index in [9.17, 15) is 0 Å². The van der Waals surface area contributed by atoms with Crippen LogP contribution in [0.15, 0.2) is 24.3 Å². The van der Waals surface area contributed by atoms with Gasteiger partial charge in [0.2, 0.25) is 0 Å². The molecule has 0 spiro atoms. The highest BCUT2D eigenvalue weighted by Crippen LogP contribution is 2.15. The van der Waals surface area contributed by atoms with E-state index in [-0.39, 0.29) is 0 Å². The van der Waals surface area contributed by atoms with Gasteiger partial charge in [-0.25, -0.2) is 0 Å². The molecule has 2 rings (SSSR count). The van der Waals surface area contributed by atoms with Crippen molar-refractivity contribution < 1.29 is 4.74 Å². The number of benzene rings is 1. The summed E-state index contributed by atoms with van der Waals surface area (Å²) in [5.41, 5.74) is 1.34. The molecule has 1 N–H and O–H groups in total. The minimum atomic E-state index is 0.661. The Hall–Kier alpha value is -1.06. The van der Waals surface area contributed by atoms with Crippen LogP contribution in [0.5, 0.6) is 5.75 Å². The number of nitrogens with one attached hydrogen (secondary N) is 1. The molecule has 0 radical (unpaired) electrons. The van der Waals surface area contributed by atoms with Gasteiger partial charge in [0.15, 0.2) is 0 Å². The third-order valence-corrected chi connectivity index (χ3v) is 3.52.